The number of aryl methyl sites for hydroxylation is 2. The minimum atomic E-state index is -0.502. The summed E-state index contributed by atoms with van der Waals surface area (Å²) in [6, 6.07) is 3.54. The van der Waals surface area contributed by atoms with Crippen molar-refractivity contribution in [3.05, 3.63) is 29.2 Å². The standard InChI is InChI=1S/C15H16FN3O2/c1-3-8-4-5-9-13(18-19(2)14(9)12(8)16)10-6-7-11(20)17-15(10)21/h4-5,10H,3,6-7H2,1-2H3,(H,17,20,21). The number of halogens is 1. The van der Waals surface area contributed by atoms with Crippen LogP contribution < -0.4 is 5.32 Å². The third kappa shape index (κ3) is 2.11. The Hall–Kier alpha value is -2.24. The maximum atomic E-state index is 14.5. The minimum absolute atomic E-state index is 0.268. The normalized spacial score (nSPS) is 19.1. The first-order valence-electron chi connectivity index (χ1n) is 7.00. The largest absolute Gasteiger partial charge is 0.296 e. The first kappa shape index (κ1) is 13.7. The van der Waals surface area contributed by atoms with Crippen molar-refractivity contribution < 1.29 is 14.0 Å². The van der Waals surface area contributed by atoms with Gasteiger partial charge >= 0.3 is 0 Å². The molecule has 1 saturated heterocycles. The second kappa shape index (κ2) is 4.95. The Kier molecular flexibility index (Phi) is 3.23. The van der Waals surface area contributed by atoms with Gasteiger partial charge in [0, 0.05) is 18.9 Å². The van der Waals surface area contributed by atoms with Crippen LogP contribution in [-0.2, 0) is 23.1 Å². The molecule has 0 radical (unpaired) electrons. The Morgan fingerprint density at radius 2 is 2.19 bits per heavy atom. The van der Waals surface area contributed by atoms with Crippen molar-refractivity contribution in [1.29, 1.82) is 0 Å². The third-order valence-electron chi connectivity index (χ3n) is 4.00. The van der Waals surface area contributed by atoms with Crippen LogP contribution in [0.3, 0.4) is 0 Å². The second-order valence-electron chi connectivity index (χ2n) is 5.30. The monoisotopic (exact) mass is 289 g/mol. The molecule has 1 aliphatic rings. The van der Waals surface area contributed by atoms with E-state index in [1.165, 1.54) is 4.68 Å². The van der Waals surface area contributed by atoms with Gasteiger partial charge in [-0.15, -0.1) is 0 Å². The summed E-state index contributed by atoms with van der Waals surface area (Å²) in [5.74, 6) is -1.41. The molecule has 1 atom stereocenters. The van der Waals surface area contributed by atoms with Crippen LogP contribution in [-0.4, -0.2) is 21.6 Å². The Balaban J connectivity index is 2.14. The number of aromatic nitrogens is 2. The van der Waals surface area contributed by atoms with Gasteiger partial charge in [-0.2, -0.15) is 5.10 Å². The van der Waals surface area contributed by atoms with Crippen molar-refractivity contribution in [3.8, 4) is 0 Å². The van der Waals surface area contributed by atoms with Gasteiger partial charge in [-0.3, -0.25) is 19.6 Å². The molecule has 2 amide bonds. The van der Waals surface area contributed by atoms with Crippen LogP contribution in [0.4, 0.5) is 4.39 Å². The predicted octanol–water partition coefficient (Wildman–Crippen LogP) is 1.79. The van der Waals surface area contributed by atoms with Crippen molar-refractivity contribution in [1.82, 2.24) is 15.1 Å². The number of rotatable bonds is 2. The van der Waals surface area contributed by atoms with Crippen LogP contribution in [0.2, 0.25) is 0 Å². The molecule has 110 valence electrons. The Labute approximate surface area is 121 Å². The maximum Gasteiger partial charge on any atom is 0.235 e. The summed E-state index contributed by atoms with van der Waals surface area (Å²) in [5, 5.41) is 7.29. The van der Waals surface area contributed by atoms with Crippen LogP contribution in [0, 0.1) is 5.82 Å². The zero-order valence-electron chi connectivity index (χ0n) is 11.9. The summed E-state index contributed by atoms with van der Waals surface area (Å²) >= 11 is 0. The highest BCUT2D eigenvalue weighted by Gasteiger charge is 2.32. The molecule has 0 saturated carbocycles. The average molecular weight is 289 g/mol. The van der Waals surface area contributed by atoms with E-state index < -0.39 is 5.92 Å². The molecular formula is C15H16FN3O2. The number of nitrogens with zero attached hydrogens (tertiary/aromatic N) is 2. The molecule has 0 spiro atoms. The summed E-state index contributed by atoms with van der Waals surface area (Å²) < 4.78 is 15.9. The smallest absolute Gasteiger partial charge is 0.235 e. The molecule has 0 bridgehead atoms. The highest BCUT2D eigenvalue weighted by molar-refractivity contribution is 6.02. The molecule has 2 aromatic rings. The van der Waals surface area contributed by atoms with E-state index in [-0.39, 0.29) is 24.1 Å². The molecule has 5 nitrogen and oxygen atoms in total. The summed E-state index contributed by atoms with van der Waals surface area (Å²) in [6.07, 6.45) is 1.29. The predicted molar refractivity (Wildman–Crippen MR) is 75.2 cm³/mol. The first-order chi connectivity index (χ1) is 10.0. The van der Waals surface area contributed by atoms with Crippen LogP contribution >= 0.6 is 0 Å². The van der Waals surface area contributed by atoms with E-state index in [4.69, 9.17) is 0 Å². The Bertz CT molecular complexity index is 751. The fourth-order valence-corrected chi connectivity index (χ4v) is 2.88. The fourth-order valence-electron chi connectivity index (χ4n) is 2.88. The molecule has 21 heavy (non-hydrogen) atoms. The first-order valence-corrected chi connectivity index (χ1v) is 7.00. The van der Waals surface area contributed by atoms with E-state index >= 15 is 0 Å². The second-order valence-corrected chi connectivity index (χ2v) is 5.30. The Morgan fingerprint density at radius 1 is 1.43 bits per heavy atom. The van der Waals surface area contributed by atoms with Crippen LogP contribution in [0.5, 0.6) is 0 Å². The van der Waals surface area contributed by atoms with Gasteiger partial charge in [0.1, 0.15) is 5.52 Å². The molecule has 2 heterocycles. The number of amides is 2. The molecule has 0 aliphatic carbocycles. The quantitative estimate of drug-likeness (QED) is 0.857. The van der Waals surface area contributed by atoms with E-state index in [9.17, 15) is 14.0 Å². The van der Waals surface area contributed by atoms with Gasteiger partial charge in [0.25, 0.3) is 0 Å². The lowest BCUT2D eigenvalue weighted by molar-refractivity contribution is -0.134. The number of nitrogens with one attached hydrogen (secondary N) is 1. The third-order valence-corrected chi connectivity index (χ3v) is 4.00. The van der Waals surface area contributed by atoms with Crippen LogP contribution in [0.1, 0.15) is 36.9 Å². The molecular weight excluding hydrogens is 273 g/mol. The molecule has 6 heteroatoms. The van der Waals surface area contributed by atoms with Gasteiger partial charge in [-0.1, -0.05) is 19.1 Å². The van der Waals surface area contributed by atoms with Gasteiger partial charge in [-0.05, 0) is 18.4 Å². The molecule has 1 aromatic carbocycles. The van der Waals surface area contributed by atoms with E-state index in [0.29, 0.717) is 35.0 Å². The zero-order valence-corrected chi connectivity index (χ0v) is 11.9. The molecule has 3 rings (SSSR count). The molecule has 1 aliphatic heterocycles. The van der Waals surface area contributed by atoms with Gasteiger partial charge < -0.3 is 0 Å². The molecule has 1 N–H and O–H groups in total. The minimum Gasteiger partial charge on any atom is -0.296 e. The van der Waals surface area contributed by atoms with Gasteiger partial charge in [0.15, 0.2) is 5.82 Å². The number of piperidine rings is 1. The highest BCUT2D eigenvalue weighted by Crippen LogP contribution is 2.32. The number of fused-ring (bicyclic) bond motifs is 1. The van der Waals surface area contributed by atoms with Crippen LogP contribution in [0.25, 0.3) is 10.9 Å². The van der Waals surface area contributed by atoms with E-state index in [1.807, 2.05) is 13.0 Å². The number of hydrogen-bond acceptors (Lipinski definition) is 3. The molecule has 1 aromatic heterocycles. The van der Waals surface area contributed by atoms with Gasteiger partial charge in [0.2, 0.25) is 11.8 Å². The van der Waals surface area contributed by atoms with Crippen molar-refractivity contribution in [3.63, 3.8) is 0 Å². The van der Waals surface area contributed by atoms with E-state index in [0.717, 1.165) is 0 Å². The summed E-state index contributed by atoms with van der Waals surface area (Å²) in [5.41, 5.74) is 1.58. The number of carbonyl (C=O) groups excluding carboxylic acids is 2. The summed E-state index contributed by atoms with van der Waals surface area (Å²) in [4.78, 5) is 23.2. The zero-order chi connectivity index (χ0) is 15.1. The number of benzene rings is 1. The van der Waals surface area contributed by atoms with Crippen molar-refractivity contribution >= 4 is 22.7 Å². The average Bonchev–Trinajstić information content (AvgIpc) is 2.77. The maximum absolute atomic E-state index is 14.5. The number of imide groups is 1. The Morgan fingerprint density at radius 3 is 2.86 bits per heavy atom. The van der Waals surface area contributed by atoms with E-state index in [1.54, 1.807) is 13.1 Å². The van der Waals surface area contributed by atoms with Crippen LogP contribution in [0.15, 0.2) is 12.1 Å². The lowest BCUT2D eigenvalue weighted by atomic mass is 9.92. The van der Waals surface area contributed by atoms with Gasteiger partial charge in [-0.25, -0.2) is 4.39 Å². The van der Waals surface area contributed by atoms with Crippen molar-refractivity contribution in [2.75, 3.05) is 0 Å². The molecule has 1 fully saturated rings. The summed E-state index contributed by atoms with van der Waals surface area (Å²) in [7, 11) is 1.67. The van der Waals surface area contributed by atoms with Gasteiger partial charge in [0.05, 0.1) is 11.6 Å². The van der Waals surface area contributed by atoms with Crippen molar-refractivity contribution in [2.45, 2.75) is 32.1 Å². The lowest BCUT2D eigenvalue weighted by Gasteiger charge is -2.19. The number of hydrogen-bond donors (Lipinski definition) is 1. The van der Waals surface area contributed by atoms with Crippen molar-refractivity contribution in [2.24, 2.45) is 7.05 Å². The lowest BCUT2D eigenvalue weighted by Crippen LogP contribution is -2.39. The van der Waals surface area contributed by atoms with E-state index in [2.05, 4.69) is 10.4 Å². The molecule has 1 unspecified atom stereocenters. The fraction of sp³-hybridized carbons (Fsp3) is 0.400. The SMILES string of the molecule is CCc1ccc2c(C3CCC(=O)NC3=O)nn(C)c2c1F. The topological polar surface area (TPSA) is 64.0 Å². The summed E-state index contributed by atoms with van der Waals surface area (Å²) in [6.45, 7) is 1.89. The highest BCUT2D eigenvalue weighted by atomic mass is 19.1. The number of carbonyl (C=O) groups is 2.